The van der Waals surface area contributed by atoms with Gasteiger partial charge in [0.05, 0.1) is 36.8 Å². The molecule has 170 valence electrons. The zero-order valence-corrected chi connectivity index (χ0v) is 18.5. The highest BCUT2D eigenvalue weighted by Gasteiger charge is 2.35. The first kappa shape index (κ1) is 22.6. The molecule has 1 aliphatic rings. The van der Waals surface area contributed by atoms with Crippen LogP contribution in [0.5, 0.6) is 5.75 Å². The van der Waals surface area contributed by atoms with Crippen LogP contribution in [0, 0.1) is 10.1 Å². The van der Waals surface area contributed by atoms with E-state index in [0.29, 0.717) is 31.9 Å². The van der Waals surface area contributed by atoms with Gasteiger partial charge in [-0.25, -0.2) is 0 Å². The standard InChI is InChI=1S/C24H23ClN4O4/c25-19-11-10-18(16-21(19)29(32)33)26-24(31)23(17-6-2-1-3-7-17)28-14-12-27(13-15-28)20-8-4-5-9-22(20)30/h1-11,16,23,30H,12-15H2,(H,26,31)/p+1/t23-/m0/s1. The molecule has 0 spiro atoms. The average molecular weight is 468 g/mol. The van der Waals surface area contributed by atoms with Crippen molar-refractivity contribution in [3.63, 3.8) is 0 Å². The first-order valence-corrected chi connectivity index (χ1v) is 11.0. The van der Waals surface area contributed by atoms with E-state index < -0.39 is 11.0 Å². The van der Waals surface area contributed by atoms with E-state index in [1.165, 1.54) is 12.1 Å². The summed E-state index contributed by atoms with van der Waals surface area (Å²) in [5, 5.41) is 24.2. The monoisotopic (exact) mass is 467 g/mol. The zero-order chi connectivity index (χ0) is 23.4. The van der Waals surface area contributed by atoms with Crippen LogP contribution in [0.1, 0.15) is 11.6 Å². The van der Waals surface area contributed by atoms with Crippen molar-refractivity contribution in [3.8, 4) is 5.75 Å². The quantitative estimate of drug-likeness (QED) is 0.382. The number of phenols is 1. The van der Waals surface area contributed by atoms with E-state index in [-0.39, 0.29) is 22.4 Å². The van der Waals surface area contributed by atoms with E-state index in [2.05, 4.69) is 10.2 Å². The number of rotatable bonds is 6. The van der Waals surface area contributed by atoms with E-state index in [4.69, 9.17) is 11.6 Å². The first-order chi connectivity index (χ1) is 15.9. The Morgan fingerprint density at radius 1 is 1.06 bits per heavy atom. The molecule has 0 radical (unpaired) electrons. The van der Waals surface area contributed by atoms with Crippen LogP contribution in [0.4, 0.5) is 17.1 Å². The number of piperazine rings is 1. The predicted octanol–water partition coefficient (Wildman–Crippen LogP) is 3.04. The molecule has 3 N–H and O–H groups in total. The Labute approximate surface area is 196 Å². The number of hydrogen-bond donors (Lipinski definition) is 3. The minimum Gasteiger partial charge on any atom is -0.506 e. The number of aromatic hydroxyl groups is 1. The van der Waals surface area contributed by atoms with Crippen molar-refractivity contribution in [1.82, 2.24) is 0 Å². The number of anilines is 2. The summed E-state index contributed by atoms with van der Waals surface area (Å²) in [6, 6.07) is 20.5. The number of nitro groups is 1. The normalized spacial score (nSPS) is 15.1. The average Bonchev–Trinajstić information content (AvgIpc) is 2.82. The van der Waals surface area contributed by atoms with Gasteiger partial charge in [-0.15, -0.1) is 0 Å². The van der Waals surface area contributed by atoms with Gasteiger partial charge in [-0.05, 0) is 24.3 Å². The van der Waals surface area contributed by atoms with Crippen molar-refractivity contribution in [1.29, 1.82) is 0 Å². The molecule has 0 bridgehead atoms. The van der Waals surface area contributed by atoms with Crippen LogP contribution in [-0.4, -0.2) is 42.1 Å². The summed E-state index contributed by atoms with van der Waals surface area (Å²) in [6.07, 6.45) is 0. The van der Waals surface area contributed by atoms with Crippen molar-refractivity contribution in [2.45, 2.75) is 6.04 Å². The summed E-state index contributed by atoms with van der Waals surface area (Å²) in [5.74, 6) is -0.00790. The number of hydrogen-bond acceptors (Lipinski definition) is 5. The van der Waals surface area contributed by atoms with Gasteiger partial charge < -0.3 is 20.2 Å². The molecule has 1 heterocycles. The first-order valence-electron chi connectivity index (χ1n) is 10.6. The molecule has 3 aromatic rings. The van der Waals surface area contributed by atoms with Crippen LogP contribution in [0.15, 0.2) is 72.8 Å². The highest BCUT2D eigenvalue weighted by Crippen LogP contribution is 2.28. The molecule has 1 atom stereocenters. The fourth-order valence-electron chi connectivity index (χ4n) is 4.22. The van der Waals surface area contributed by atoms with Crippen LogP contribution in [0.2, 0.25) is 5.02 Å². The number of nitrogens with one attached hydrogen (secondary N) is 2. The number of phenolic OH excluding ortho intramolecular Hbond substituents is 1. The lowest BCUT2D eigenvalue weighted by atomic mass is 10.0. The Balaban J connectivity index is 1.54. The van der Waals surface area contributed by atoms with Gasteiger partial charge in [0.25, 0.3) is 11.6 Å². The molecule has 4 rings (SSSR count). The smallest absolute Gasteiger partial charge is 0.289 e. The van der Waals surface area contributed by atoms with Crippen LogP contribution in [-0.2, 0) is 4.79 Å². The third-order valence-electron chi connectivity index (χ3n) is 5.84. The van der Waals surface area contributed by atoms with Gasteiger partial charge in [0.1, 0.15) is 10.8 Å². The number of carbonyl (C=O) groups is 1. The number of benzene rings is 3. The van der Waals surface area contributed by atoms with Gasteiger partial charge in [0.2, 0.25) is 0 Å². The lowest BCUT2D eigenvalue weighted by molar-refractivity contribution is -0.922. The zero-order valence-electron chi connectivity index (χ0n) is 17.8. The maximum atomic E-state index is 13.4. The third kappa shape index (κ3) is 5.08. The minimum absolute atomic E-state index is 0.0171. The molecule has 0 aliphatic carbocycles. The Kier molecular flexibility index (Phi) is 6.76. The summed E-state index contributed by atoms with van der Waals surface area (Å²) >= 11 is 5.90. The van der Waals surface area contributed by atoms with Crippen LogP contribution >= 0.6 is 11.6 Å². The Morgan fingerprint density at radius 3 is 2.39 bits per heavy atom. The molecular weight excluding hydrogens is 444 g/mol. The highest BCUT2D eigenvalue weighted by atomic mass is 35.5. The molecular formula is C24H24ClN4O4+. The number of quaternary nitrogens is 1. The maximum Gasteiger partial charge on any atom is 0.289 e. The Hall–Kier alpha value is -3.62. The molecule has 1 fully saturated rings. The number of amides is 1. The Morgan fingerprint density at radius 2 is 1.73 bits per heavy atom. The van der Waals surface area contributed by atoms with Gasteiger partial charge in [0.15, 0.2) is 6.04 Å². The van der Waals surface area contributed by atoms with E-state index in [9.17, 15) is 20.0 Å². The Bertz CT molecular complexity index is 1150. The summed E-state index contributed by atoms with van der Waals surface area (Å²) in [7, 11) is 0. The van der Waals surface area contributed by atoms with Crippen molar-refractivity contribution < 1.29 is 19.7 Å². The summed E-state index contributed by atoms with van der Waals surface area (Å²) in [6.45, 7) is 2.72. The third-order valence-corrected chi connectivity index (χ3v) is 6.16. The van der Waals surface area contributed by atoms with Gasteiger partial charge in [-0.2, -0.15) is 0 Å². The maximum absolute atomic E-state index is 13.4. The predicted molar refractivity (Wildman–Crippen MR) is 127 cm³/mol. The number of para-hydroxylation sites is 2. The molecule has 0 unspecified atom stereocenters. The lowest BCUT2D eigenvalue weighted by Gasteiger charge is -2.37. The van der Waals surface area contributed by atoms with Crippen LogP contribution < -0.4 is 15.1 Å². The number of nitrogens with zero attached hydrogens (tertiary/aromatic N) is 2. The van der Waals surface area contributed by atoms with Crippen molar-refractivity contribution in [3.05, 3.63) is 93.5 Å². The topological polar surface area (TPSA) is 100 Å². The second-order valence-electron chi connectivity index (χ2n) is 7.89. The van der Waals surface area contributed by atoms with Crippen LogP contribution in [0.25, 0.3) is 0 Å². The van der Waals surface area contributed by atoms with E-state index in [1.807, 2.05) is 42.5 Å². The molecule has 33 heavy (non-hydrogen) atoms. The van der Waals surface area contributed by atoms with E-state index in [1.54, 1.807) is 18.2 Å². The summed E-state index contributed by atoms with van der Waals surface area (Å²) in [4.78, 5) is 27.2. The van der Waals surface area contributed by atoms with Gasteiger partial charge in [-0.3, -0.25) is 14.9 Å². The van der Waals surface area contributed by atoms with Crippen molar-refractivity contribution in [2.24, 2.45) is 0 Å². The fourth-order valence-corrected chi connectivity index (χ4v) is 4.40. The lowest BCUT2D eigenvalue weighted by Crippen LogP contribution is -3.16. The molecule has 0 aromatic heterocycles. The van der Waals surface area contributed by atoms with Gasteiger partial charge >= 0.3 is 0 Å². The molecule has 3 aromatic carbocycles. The molecule has 0 saturated carbocycles. The van der Waals surface area contributed by atoms with Crippen molar-refractivity contribution >= 4 is 34.6 Å². The van der Waals surface area contributed by atoms with E-state index in [0.717, 1.165) is 16.2 Å². The molecule has 1 aliphatic heterocycles. The molecule has 1 amide bonds. The van der Waals surface area contributed by atoms with E-state index >= 15 is 0 Å². The fraction of sp³-hybridized carbons (Fsp3) is 0.208. The minimum atomic E-state index is -0.573. The molecule has 9 heteroatoms. The highest BCUT2D eigenvalue weighted by molar-refractivity contribution is 6.32. The van der Waals surface area contributed by atoms with Gasteiger partial charge in [0, 0.05) is 17.3 Å². The number of nitro benzene ring substituents is 1. The number of carbonyl (C=O) groups excluding carboxylic acids is 1. The second-order valence-corrected chi connectivity index (χ2v) is 8.30. The summed E-state index contributed by atoms with van der Waals surface area (Å²) in [5.41, 5.74) is 1.72. The molecule has 8 nitrogen and oxygen atoms in total. The summed E-state index contributed by atoms with van der Waals surface area (Å²) < 4.78 is 0. The molecule has 1 saturated heterocycles. The second kappa shape index (κ2) is 9.89. The largest absolute Gasteiger partial charge is 0.506 e. The van der Waals surface area contributed by atoms with Crippen LogP contribution in [0.3, 0.4) is 0 Å². The number of halogens is 1. The van der Waals surface area contributed by atoms with Crippen molar-refractivity contribution in [2.75, 3.05) is 36.4 Å². The SMILES string of the molecule is O=C(Nc1ccc(Cl)c([N+](=O)[O-])c1)[C@H](c1ccccc1)[NH+]1CCN(c2ccccc2O)CC1. The van der Waals surface area contributed by atoms with Gasteiger partial charge in [-0.1, -0.05) is 54.1 Å².